The van der Waals surface area contributed by atoms with Crippen LogP contribution in [-0.4, -0.2) is 47.7 Å². The smallest absolute Gasteiger partial charge is 0.229 e. The van der Waals surface area contributed by atoms with Crippen LogP contribution in [0.15, 0.2) is 24.3 Å². The van der Waals surface area contributed by atoms with Crippen LogP contribution in [0.2, 0.25) is 0 Å². The zero-order valence-corrected chi connectivity index (χ0v) is 16.9. The van der Waals surface area contributed by atoms with Crippen LogP contribution in [0.25, 0.3) is 0 Å². The van der Waals surface area contributed by atoms with Gasteiger partial charge in [0.15, 0.2) is 0 Å². The third-order valence-corrected chi connectivity index (χ3v) is 6.28. The third-order valence-electron chi connectivity index (χ3n) is 6.28. The Labute approximate surface area is 170 Å². The van der Waals surface area contributed by atoms with Crippen molar-refractivity contribution >= 4 is 23.4 Å². The summed E-state index contributed by atoms with van der Waals surface area (Å²) in [6.07, 6.45) is 2.45. The zero-order chi connectivity index (χ0) is 20.5. The molecule has 29 heavy (non-hydrogen) atoms. The van der Waals surface area contributed by atoms with Gasteiger partial charge in [0.1, 0.15) is 6.29 Å². The SMILES string of the molecule is Cc1ccc(NC(=O)C2CC(=O)NC3NC(N4CCCCC4C)NC(=O)C32)cc1. The van der Waals surface area contributed by atoms with Crippen LogP contribution in [-0.2, 0) is 14.4 Å². The summed E-state index contributed by atoms with van der Waals surface area (Å²) in [7, 11) is 0. The molecule has 4 N–H and O–H groups in total. The molecule has 0 aliphatic carbocycles. The number of hydrogen-bond acceptors (Lipinski definition) is 5. The number of anilines is 1. The molecule has 1 aromatic rings. The number of rotatable bonds is 3. The molecule has 3 saturated heterocycles. The van der Waals surface area contributed by atoms with Crippen LogP contribution < -0.4 is 21.3 Å². The number of carbonyl (C=O) groups excluding carboxylic acids is 3. The van der Waals surface area contributed by atoms with Crippen molar-refractivity contribution in [3.63, 3.8) is 0 Å². The minimum absolute atomic E-state index is 0.00124. The number of piperidine rings is 2. The molecule has 1 aromatic carbocycles. The van der Waals surface area contributed by atoms with Gasteiger partial charge in [0.2, 0.25) is 17.7 Å². The van der Waals surface area contributed by atoms with Crippen LogP contribution in [0.1, 0.15) is 38.2 Å². The number of amides is 3. The standard InChI is InChI=1S/C21H29N5O3/c1-12-6-8-14(9-7-12)22-19(28)15-11-16(27)23-18-17(15)20(29)25-21(24-18)26-10-4-3-5-13(26)2/h6-9,13,15,17-18,21,24H,3-5,10-11H2,1-2H3,(H,22,28)(H,23,27)(H,25,29). The molecule has 0 spiro atoms. The van der Waals surface area contributed by atoms with Crippen molar-refractivity contribution in [3.05, 3.63) is 29.8 Å². The lowest BCUT2D eigenvalue weighted by Crippen LogP contribution is -2.75. The Morgan fingerprint density at radius 1 is 1.14 bits per heavy atom. The van der Waals surface area contributed by atoms with E-state index in [1.807, 2.05) is 31.2 Å². The van der Waals surface area contributed by atoms with Gasteiger partial charge in [-0.15, -0.1) is 0 Å². The van der Waals surface area contributed by atoms with E-state index < -0.39 is 18.0 Å². The number of fused-ring (bicyclic) bond motifs is 1. The first kappa shape index (κ1) is 19.8. The molecule has 0 saturated carbocycles. The molecule has 3 amide bonds. The van der Waals surface area contributed by atoms with Crippen molar-refractivity contribution in [2.75, 3.05) is 11.9 Å². The summed E-state index contributed by atoms with van der Waals surface area (Å²) in [5, 5.41) is 12.1. The number of nitrogens with one attached hydrogen (secondary N) is 4. The zero-order valence-electron chi connectivity index (χ0n) is 16.9. The lowest BCUT2D eigenvalue weighted by Gasteiger charge is -2.48. The molecule has 0 aromatic heterocycles. The van der Waals surface area contributed by atoms with Gasteiger partial charge in [0.05, 0.1) is 18.0 Å². The number of benzene rings is 1. The lowest BCUT2D eigenvalue weighted by molar-refractivity contribution is -0.148. The van der Waals surface area contributed by atoms with Gasteiger partial charge < -0.3 is 16.0 Å². The van der Waals surface area contributed by atoms with Crippen molar-refractivity contribution in [3.8, 4) is 0 Å². The van der Waals surface area contributed by atoms with Crippen LogP contribution in [0.5, 0.6) is 0 Å². The Bertz CT molecular complexity index is 796. The van der Waals surface area contributed by atoms with E-state index in [1.165, 1.54) is 6.42 Å². The van der Waals surface area contributed by atoms with Gasteiger partial charge in [-0.3, -0.25) is 24.6 Å². The number of carbonyl (C=O) groups is 3. The fourth-order valence-corrected chi connectivity index (χ4v) is 4.61. The molecule has 3 aliphatic rings. The monoisotopic (exact) mass is 399 g/mol. The van der Waals surface area contributed by atoms with Gasteiger partial charge in [-0.1, -0.05) is 24.1 Å². The summed E-state index contributed by atoms with van der Waals surface area (Å²) in [5.74, 6) is -2.08. The molecule has 0 bridgehead atoms. The Balaban J connectivity index is 1.49. The second kappa shape index (κ2) is 8.12. The molecule has 5 unspecified atom stereocenters. The van der Waals surface area contributed by atoms with Gasteiger partial charge in [0, 0.05) is 24.7 Å². The maximum Gasteiger partial charge on any atom is 0.229 e. The lowest BCUT2D eigenvalue weighted by atomic mass is 9.81. The molecule has 4 rings (SSSR count). The number of nitrogens with zero attached hydrogens (tertiary/aromatic N) is 1. The first-order chi connectivity index (χ1) is 13.9. The first-order valence-electron chi connectivity index (χ1n) is 10.4. The highest BCUT2D eigenvalue weighted by molar-refractivity contribution is 6.00. The summed E-state index contributed by atoms with van der Waals surface area (Å²) >= 11 is 0. The van der Waals surface area contributed by atoms with E-state index in [2.05, 4.69) is 33.1 Å². The quantitative estimate of drug-likeness (QED) is 0.605. The second-order valence-electron chi connectivity index (χ2n) is 8.40. The highest BCUT2D eigenvalue weighted by atomic mass is 16.2. The Morgan fingerprint density at radius 3 is 2.62 bits per heavy atom. The Kier molecular flexibility index (Phi) is 5.56. The maximum absolute atomic E-state index is 13.0. The third kappa shape index (κ3) is 4.13. The largest absolute Gasteiger partial charge is 0.340 e. The molecule has 3 heterocycles. The van der Waals surface area contributed by atoms with Crippen molar-refractivity contribution in [1.29, 1.82) is 0 Å². The van der Waals surface area contributed by atoms with E-state index in [0.29, 0.717) is 11.7 Å². The molecule has 5 atom stereocenters. The van der Waals surface area contributed by atoms with Crippen LogP contribution in [0.3, 0.4) is 0 Å². The van der Waals surface area contributed by atoms with Gasteiger partial charge in [0.25, 0.3) is 0 Å². The van der Waals surface area contributed by atoms with E-state index in [9.17, 15) is 14.4 Å². The Hall–Kier alpha value is -2.45. The number of hydrogen-bond donors (Lipinski definition) is 4. The second-order valence-corrected chi connectivity index (χ2v) is 8.40. The van der Waals surface area contributed by atoms with E-state index in [1.54, 1.807) is 0 Å². The summed E-state index contributed by atoms with van der Waals surface area (Å²) in [5.41, 5.74) is 1.75. The van der Waals surface area contributed by atoms with Crippen LogP contribution in [0.4, 0.5) is 5.69 Å². The summed E-state index contributed by atoms with van der Waals surface area (Å²) in [4.78, 5) is 40.5. The fraction of sp³-hybridized carbons (Fsp3) is 0.571. The molecule has 3 fully saturated rings. The first-order valence-corrected chi connectivity index (χ1v) is 10.4. The molecule has 0 radical (unpaired) electrons. The molecule has 8 heteroatoms. The number of aryl methyl sites for hydroxylation is 1. The van der Waals surface area contributed by atoms with Gasteiger partial charge in [-0.2, -0.15) is 0 Å². The van der Waals surface area contributed by atoms with E-state index >= 15 is 0 Å². The summed E-state index contributed by atoms with van der Waals surface area (Å²) in [6.45, 7) is 5.01. The van der Waals surface area contributed by atoms with Crippen molar-refractivity contribution in [2.45, 2.75) is 58.0 Å². The molecule has 8 nitrogen and oxygen atoms in total. The van der Waals surface area contributed by atoms with Crippen LogP contribution in [0, 0.1) is 18.8 Å². The minimum atomic E-state index is -0.720. The summed E-state index contributed by atoms with van der Waals surface area (Å²) < 4.78 is 0. The highest BCUT2D eigenvalue weighted by Crippen LogP contribution is 2.29. The fourth-order valence-electron chi connectivity index (χ4n) is 4.61. The predicted octanol–water partition coefficient (Wildman–Crippen LogP) is 0.889. The average molecular weight is 399 g/mol. The topological polar surface area (TPSA) is 103 Å². The number of likely N-dealkylation sites (tertiary alicyclic amines) is 1. The van der Waals surface area contributed by atoms with Gasteiger partial charge in [-0.05, 0) is 38.8 Å². The van der Waals surface area contributed by atoms with E-state index in [0.717, 1.165) is 24.9 Å². The van der Waals surface area contributed by atoms with Gasteiger partial charge in [-0.25, -0.2) is 0 Å². The molecular weight excluding hydrogens is 370 g/mol. The maximum atomic E-state index is 13.0. The van der Waals surface area contributed by atoms with E-state index in [-0.39, 0.29) is 30.4 Å². The predicted molar refractivity (Wildman–Crippen MR) is 108 cm³/mol. The normalized spacial score (nSPS) is 32.7. The van der Waals surface area contributed by atoms with Crippen LogP contribution >= 0.6 is 0 Å². The van der Waals surface area contributed by atoms with Gasteiger partial charge >= 0.3 is 0 Å². The van der Waals surface area contributed by atoms with Crippen molar-refractivity contribution < 1.29 is 14.4 Å². The molecule has 3 aliphatic heterocycles. The van der Waals surface area contributed by atoms with Crippen molar-refractivity contribution in [2.24, 2.45) is 11.8 Å². The molecule has 156 valence electrons. The van der Waals surface area contributed by atoms with E-state index in [4.69, 9.17) is 0 Å². The van der Waals surface area contributed by atoms with Crippen molar-refractivity contribution in [1.82, 2.24) is 20.9 Å². The average Bonchev–Trinajstić information content (AvgIpc) is 2.69. The summed E-state index contributed by atoms with van der Waals surface area (Å²) in [6, 6.07) is 7.80. The molecular formula is C21H29N5O3. The minimum Gasteiger partial charge on any atom is -0.340 e. The highest BCUT2D eigenvalue weighted by Gasteiger charge is 2.49. The Morgan fingerprint density at radius 2 is 1.90 bits per heavy atom.